The molecule has 0 saturated heterocycles. The standard InChI is InChI=1S/C15H18ClNO2/c1-3-12-6-7-13(19-12)10-17-11-5-8-15(18-4-2)14(16)9-11/h5-9,17H,3-4,10H2,1-2H3. The van der Waals surface area contributed by atoms with Crippen LogP contribution >= 0.6 is 11.6 Å². The molecule has 0 fully saturated rings. The molecule has 0 spiro atoms. The van der Waals surface area contributed by atoms with Crippen LogP contribution in [0.5, 0.6) is 5.75 Å². The number of ether oxygens (including phenoxy) is 1. The Kier molecular flexibility index (Phi) is 4.74. The molecule has 0 aliphatic heterocycles. The summed E-state index contributed by atoms with van der Waals surface area (Å²) >= 11 is 6.13. The van der Waals surface area contributed by atoms with Gasteiger partial charge >= 0.3 is 0 Å². The van der Waals surface area contributed by atoms with Crippen molar-refractivity contribution in [2.45, 2.75) is 26.8 Å². The second kappa shape index (κ2) is 6.53. The molecule has 1 aromatic heterocycles. The first-order valence-electron chi connectivity index (χ1n) is 6.46. The zero-order valence-corrected chi connectivity index (χ0v) is 12.0. The van der Waals surface area contributed by atoms with E-state index >= 15 is 0 Å². The molecule has 0 radical (unpaired) electrons. The monoisotopic (exact) mass is 279 g/mol. The van der Waals surface area contributed by atoms with E-state index in [-0.39, 0.29) is 0 Å². The minimum Gasteiger partial charge on any atom is -0.492 e. The molecule has 0 saturated carbocycles. The summed E-state index contributed by atoms with van der Waals surface area (Å²) in [6.45, 7) is 5.26. The lowest BCUT2D eigenvalue weighted by atomic mass is 10.3. The number of furan rings is 1. The van der Waals surface area contributed by atoms with Crippen LogP contribution in [0.25, 0.3) is 0 Å². The number of benzene rings is 1. The molecular formula is C15H18ClNO2. The van der Waals surface area contributed by atoms with E-state index < -0.39 is 0 Å². The Labute approximate surface area is 118 Å². The summed E-state index contributed by atoms with van der Waals surface area (Å²) in [7, 11) is 0. The molecule has 0 aliphatic carbocycles. The van der Waals surface area contributed by atoms with E-state index in [2.05, 4.69) is 12.2 Å². The molecule has 4 heteroatoms. The van der Waals surface area contributed by atoms with Gasteiger partial charge in [-0.3, -0.25) is 0 Å². The Morgan fingerprint density at radius 1 is 1.16 bits per heavy atom. The maximum absolute atomic E-state index is 6.13. The van der Waals surface area contributed by atoms with E-state index in [0.29, 0.717) is 23.9 Å². The van der Waals surface area contributed by atoms with Gasteiger partial charge < -0.3 is 14.5 Å². The van der Waals surface area contributed by atoms with Crippen LogP contribution in [-0.4, -0.2) is 6.61 Å². The SMILES string of the molecule is CCOc1ccc(NCc2ccc(CC)o2)cc1Cl. The van der Waals surface area contributed by atoms with Crippen LogP contribution in [0.15, 0.2) is 34.7 Å². The Balaban J connectivity index is 1.97. The van der Waals surface area contributed by atoms with Crippen LogP contribution in [0.1, 0.15) is 25.4 Å². The lowest BCUT2D eigenvalue weighted by molar-refractivity contribution is 0.340. The quantitative estimate of drug-likeness (QED) is 0.845. The average Bonchev–Trinajstić information content (AvgIpc) is 2.87. The minimum atomic E-state index is 0.610. The van der Waals surface area contributed by atoms with Gasteiger partial charge in [-0.2, -0.15) is 0 Å². The van der Waals surface area contributed by atoms with Crippen molar-refractivity contribution in [3.05, 3.63) is 46.9 Å². The van der Waals surface area contributed by atoms with E-state index in [1.807, 2.05) is 37.3 Å². The zero-order valence-electron chi connectivity index (χ0n) is 11.2. The third kappa shape index (κ3) is 3.67. The Bertz CT molecular complexity index is 537. The maximum atomic E-state index is 6.13. The van der Waals surface area contributed by atoms with Gasteiger partial charge in [-0.25, -0.2) is 0 Å². The maximum Gasteiger partial charge on any atom is 0.138 e. The van der Waals surface area contributed by atoms with Crippen molar-refractivity contribution in [3.8, 4) is 5.75 Å². The Morgan fingerprint density at radius 2 is 1.95 bits per heavy atom. The molecule has 1 heterocycles. The Hall–Kier alpha value is -1.61. The Morgan fingerprint density at radius 3 is 2.58 bits per heavy atom. The second-order valence-electron chi connectivity index (χ2n) is 4.15. The topological polar surface area (TPSA) is 34.4 Å². The summed E-state index contributed by atoms with van der Waals surface area (Å²) in [6.07, 6.45) is 0.912. The summed E-state index contributed by atoms with van der Waals surface area (Å²) < 4.78 is 11.0. The molecule has 0 aliphatic rings. The fraction of sp³-hybridized carbons (Fsp3) is 0.333. The molecule has 2 rings (SSSR count). The molecule has 1 N–H and O–H groups in total. The van der Waals surface area contributed by atoms with Crippen LogP contribution in [-0.2, 0) is 13.0 Å². The zero-order chi connectivity index (χ0) is 13.7. The lowest BCUT2D eigenvalue weighted by Crippen LogP contribution is -1.99. The summed E-state index contributed by atoms with van der Waals surface area (Å²) in [5, 5.41) is 3.89. The van der Waals surface area contributed by atoms with Crippen LogP contribution in [0, 0.1) is 0 Å². The van der Waals surface area contributed by atoms with Crippen molar-refractivity contribution < 1.29 is 9.15 Å². The van der Waals surface area contributed by atoms with E-state index in [4.69, 9.17) is 20.8 Å². The van der Waals surface area contributed by atoms with E-state index in [9.17, 15) is 0 Å². The van der Waals surface area contributed by atoms with E-state index in [1.165, 1.54) is 0 Å². The van der Waals surface area contributed by atoms with Crippen molar-refractivity contribution in [2.24, 2.45) is 0 Å². The number of nitrogens with one attached hydrogen (secondary N) is 1. The van der Waals surface area contributed by atoms with Gasteiger partial charge in [-0.1, -0.05) is 18.5 Å². The number of hydrogen-bond acceptors (Lipinski definition) is 3. The lowest BCUT2D eigenvalue weighted by Gasteiger charge is -2.09. The highest BCUT2D eigenvalue weighted by Gasteiger charge is 2.04. The molecule has 102 valence electrons. The summed E-state index contributed by atoms with van der Waals surface area (Å²) in [5.41, 5.74) is 0.947. The average molecular weight is 280 g/mol. The second-order valence-corrected chi connectivity index (χ2v) is 4.56. The van der Waals surface area contributed by atoms with E-state index in [0.717, 1.165) is 23.6 Å². The number of anilines is 1. The van der Waals surface area contributed by atoms with Crippen molar-refractivity contribution in [1.82, 2.24) is 0 Å². The summed E-state index contributed by atoms with van der Waals surface area (Å²) in [5.74, 6) is 2.63. The van der Waals surface area contributed by atoms with Crippen LogP contribution in [0.2, 0.25) is 5.02 Å². The number of aryl methyl sites for hydroxylation is 1. The van der Waals surface area contributed by atoms with Gasteiger partial charge in [0.15, 0.2) is 0 Å². The molecule has 0 amide bonds. The highest BCUT2D eigenvalue weighted by Crippen LogP contribution is 2.27. The first kappa shape index (κ1) is 13.8. The molecule has 19 heavy (non-hydrogen) atoms. The number of hydrogen-bond donors (Lipinski definition) is 1. The van der Waals surface area contributed by atoms with Gasteiger partial charge in [0.25, 0.3) is 0 Å². The largest absolute Gasteiger partial charge is 0.492 e. The molecule has 0 atom stereocenters. The third-order valence-corrected chi connectivity index (χ3v) is 3.06. The van der Waals surface area contributed by atoms with Gasteiger partial charge in [0.2, 0.25) is 0 Å². The smallest absolute Gasteiger partial charge is 0.138 e. The fourth-order valence-corrected chi connectivity index (χ4v) is 2.01. The van der Waals surface area contributed by atoms with Crippen molar-refractivity contribution in [1.29, 1.82) is 0 Å². The van der Waals surface area contributed by atoms with Crippen LogP contribution < -0.4 is 10.1 Å². The van der Waals surface area contributed by atoms with Crippen LogP contribution in [0.4, 0.5) is 5.69 Å². The van der Waals surface area contributed by atoms with Crippen molar-refractivity contribution in [3.63, 3.8) is 0 Å². The molecule has 1 aromatic carbocycles. The molecule has 2 aromatic rings. The molecule has 3 nitrogen and oxygen atoms in total. The van der Waals surface area contributed by atoms with Gasteiger partial charge in [0.05, 0.1) is 18.2 Å². The predicted molar refractivity (Wildman–Crippen MR) is 78.0 cm³/mol. The fourth-order valence-electron chi connectivity index (χ4n) is 1.78. The molecule has 0 bridgehead atoms. The summed E-state index contributed by atoms with van der Waals surface area (Å²) in [6, 6.07) is 9.66. The normalized spacial score (nSPS) is 10.5. The van der Waals surface area contributed by atoms with Gasteiger partial charge in [-0.05, 0) is 37.3 Å². The number of rotatable bonds is 6. The van der Waals surface area contributed by atoms with Crippen molar-refractivity contribution in [2.75, 3.05) is 11.9 Å². The first-order valence-corrected chi connectivity index (χ1v) is 6.84. The molecular weight excluding hydrogens is 262 g/mol. The molecule has 0 unspecified atom stereocenters. The van der Waals surface area contributed by atoms with Crippen LogP contribution in [0.3, 0.4) is 0 Å². The third-order valence-electron chi connectivity index (χ3n) is 2.76. The van der Waals surface area contributed by atoms with E-state index in [1.54, 1.807) is 0 Å². The number of halogens is 1. The summed E-state index contributed by atoms with van der Waals surface area (Å²) in [4.78, 5) is 0. The predicted octanol–water partition coefficient (Wildman–Crippen LogP) is 4.51. The van der Waals surface area contributed by atoms with Gasteiger partial charge in [0.1, 0.15) is 17.3 Å². The van der Waals surface area contributed by atoms with Gasteiger partial charge in [0, 0.05) is 12.1 Å². The highest BCUT2D eigenvalue weighted by atomic mass is 35.5. The minimum absolute atomic E-state index is 0.610. The highest BCUT2D eigenvalue weighted by molar-refractivity contribution is 6.32. The first-order chi connectivity index (χ1) is 9.22. The van der Waals surface area contributed by atoms with Gasteiger partial charge in [-0.15, -0.1) is 0 Å². The van der Waals surface area contributed by atoms with Crippen molar-refractivity contribution >= 4 is 17.3 Å².